The molecule has 2 aromatic rings. The van der Waals surface area contributed by atoms with Crippen LogP contribution in [-0.2, 0) is 0 Å². The number of halogens is 2. The molecule has 0 atom stereocenters. The van der Waals surface area contributed by atoms with E-state index in [0.717, 1.165) is 25.0 Å². The molecule has 1 aromatic carbocycles. The van der Waals surface area contributed by atoms with Crippen molar-refractivity contribution < 1.29 is 4.74 Å². The molecule has 7 heteroatoms. The minimum absolute atomic E-state index is 0.349. The van der Waals surface area contributed by atoms with Crippen LogP contribution >= 0.6 is 38.5 Å². The van der Waals surface area contributed by atoms with Gasteiger partial charge in [0.15, 0.2) is 0 Å². The highest BCUT2D eigenvalue weighted by Crippen LogP contribution is 2.29. The van der Waals surface area contributed by atoms with Crippen LogP contribution in [0.5, 0.6) is 5.75 Å². The monoisotopic (exact) mass is 460 g/mol. The molecule has 0 aliphatic carbocycles. The minimum Gasteiger partial charge on any atom is -0.488 e. The van der Waals surface area contributed by atoms with Crippen molar-refractivity contribution in [2.45, 2.75) is 6.92 Å². The Labute approximate surface area is 145 Å². The highest BCUT2D eigenvalue weighted by atomic mass is 127. The van der Waals surface area contributed by atoms with Crippen molar-refractivity contribution in [3.8, 4) is 5.75 Å². The second-order valence-corrected chi connectivity index (χ2v) is 6.31. The fourth-order valence-electron chi connectivity index (χ4n) is 1.69. The number of nitrogen functional groups attached to an aromatic ring is 1. The zero-order valence-electron chi connectivity index (χ0n) is 11.4. The lowest BCUT2D eigenvalue weighted by atomic mass is 10.2. The van der Waals surface area contributed by atoms with Gasteiger partial charge in [-0.15, -0.1) is 0 Å². The number of ether oxygens (including phenoxy) is 1. The maximum absolute atomic E-state index is 5.77. The smallest absolute Gasteiger partial charge is 0.221 e. The quantitative estimate of drug-likeness (QED) is 0.421. The molecule has 0 saturated heterocycles. The Balaban J connectivity index is 2.37. The Morgan fingerprint density at radius 1 is 1.57 bits per heavy atom. The fraction of sp³-hybridized carbons (Fsp3) is 0.143. The van der Waals surface area contributed by atoms with Gasteiger partial charge in [-0.05, 0) is 41.6 Å². The van der Waals surface area contributed by atoms with Gasteiger partial charge < -0.3 is 10.5 Å². The highest BCUT2D eigenvalue weighted by molar-refractivity contribution is 14.1. The lowest BCUT2D eigenvalue weighted by Gasteiger charge is -2.10. The number of nitrogens with two attached hydrogens (primary N) is 1. The van der Waals surface area contributed by atoms with Gasteiger partial charge in [-0.3, -0.25) is 0 Å². The number of imidazole rings is 1. The summed E-state index contributed by atoms with van der Waals surface area (Å²) in [6, 6.07) is 3.91. The number of aromatic nitrogens is 2. The summed E-state index contributed by atoms with van der Waals surface area (Å²) in [5.41, 5.74) is 7.43. The van der Waals surface area contributed by atoms with Gasteiger partial charge in [-0.25, -0.2) is 9.66 Å². The summed E-state index contributed by atoms with van der Waals surface area (Å²) < 4.78 is 9.17. The summed E-state index contributed by atoms with van der Waals surface area (Å²) in [6.07, 6.45) is 5.16. The summed E-state index contributed by atoms with van der Waals surface area (Å²) in [6.45, 7) is 5.96. The fourth-order valence-corrected chi connectivity index (χ4v) is 3.40. The van der Waals surface area contributed by atoms with E-state index in [4.69, 9.17) is 10.5 Å². The summed E-state index contributed by atoms with van der Waals surface area (Å²) in [5, 5.41) is 4.32. The van der Waals surface area contributed by atoms with E-state index in [9.17, 15) is 0 Å². The van der Waals surface area contributed by atoms with Crippen molar-refractivity contribution in [1.82, 2.24) is 9.66 Å². The average Bonchev–Trinajstić information content (AvgIpc) is 2.73. The van der Waals surface area contributed by atoms with Crippen LogP contribution < -0.4 is 10.5 Å². The average molecular weight is 461 g/mol. The van der Waals surface area contributed by atoms with E-state index >= 15 is 0 Å². The molecule has 0 unspecified atom stereocenters. The van der Waals surface area contributed by atoms with E-state index in [1.54, 1.807) is 18.5 Å². The van der Waals surface area contributed by atoms with Gasteiger partial charge in [0.25, 0.3) is 0 Å². The molecule has 5 nitrogen and oxygen atoms in total. The summed E-state index contributed by atoms with van der Waals surface area (Å²) >= 11 is 5.70. The second kappa shape index (κ2) is 7.08. The number of aryl methyl sites for hydroxylation is 1. The van der Waals surface area contributed by atoms with Crippen LogP contribution in [0.1, 0.15) is 11.3 Å². The first-order chi connectivity index (χ1) is 10.0. The van der Waals surface area contributed by atoms with Crippen LogP contribution in [0, 0.1) is 10.5 Å². The molecule has 1 aromatic heterocycles. The molecule has 21 heavy (non-hydrogen) atoms. The predicted molar refractivity (Wildman–Crippen MR) is 96.9 cm³/mol. The first-order valence-corrected chi connectivity index (χ1v) is 7.97. The van der Waals surface area contributed by atoms with Crippen molar-refractivity contribution in [2.75, 3.05) is 12.3 Å². The SMILES string of the molecule is C=CCOc1c(I)cc(Br)cc1C=Nn1cc(C)nc1N. The van der Waals surface area contributed by atoms with E-state index in [1.165, 1.54) is 4.68 Å². The number of hydrogen-bond acceptors (Lipinski definition) is 4. The van der Waals surface area contributed by atoms with Crippen LogP contribution in [0.25, 0.3) is 0 Å². The Bertz CT molecular complexity index is 697. The van der Waals surface area contributed by atoms with Crippen LogP contribution in [-0.4, -0.2) is 22.5 Å². The van der Waals surface area contributed by atoms with Gasteiger partial charge in [0, 0.05) is 10.0 Å². The number of rotatable bonds is 5. The van der Waals surface area contributed by atoms with Crippen molar-refractivity contribution in [3.05, 3.63) is 50.3 Å². The molecule has 110 valence electrons. The summed E-state index contributed by atoms with van der Waals surface area (Å²) in [4.78, 5) is 4.10. The molecule has 0 saturated carbocycles. The largest absolute Gasteiger partial charge is 0.488 e. The molecular weight excluding hydrogens is 447 g/mol. The zero-order valence-corrected chi connectivity index (χ0v) is 15.1. The van der Waals surface area contributed by atoms with E-state index in [0.29, 0.717) is 12.6 Å². The third-order valence-corrected chi connectivity index (χ3v) is 3.80. The predicted octanol–water partition coefficient (Wildman–Crippen LogP) is 3.59. The molecular formula is C14H14BrIN4O. The topological polar surface area (TPSA) is 65.4 Å². The molecule has 2 rings (SSSR count). The lowest BCUT2D eigenvalue weighted by molar-refractivity contribution is 0.360. The third kappa shape index (κ3) is 4.07. The molecule has 0 fully saturated rings. The molecule has 1 heterocycles. The van der Waals surface area contributed by atoms with E-state index in [1.807, 2.05) is 19.1 Å². The number of hydrogen-bond donors (Lipinski definition) is 1. The molecule has 0 bridgehead atoms. The van der Waals surface area contributed by atoms with E-state index in [2.05, 4.69) is 55.2 Å². The molecule has 0 radical (unpaired) electrons. The van der Waals surface area contributed by atoms with Crippen molar-refractivity contribution in [3.63, 3.8) is 0 Å². The van der Waals surface area contributed by atoms with Gasteiger partial charge in [0.05, 0.1) is 21.7 Å². The first-order valence-electron chi connectivity index (χ1n) is 6.10. The van der Waals surface area contributed by atoms with Crippen molar-refractivity contribution in [1.29, 1.82) is 0 Å². The van der Waals surface area contributed by atoms with Gasteiger partial charge in [0.2, 0.25) is 5.95 Å². The van der Waals surface area contributed by atoms with Crippen LogP contribution in [0.4, 0.5) is 5.95 Å². The molecule has 0 aliphatic rings. The van der Waals surface area contributed by atoms with Gasteiger partial charge in [-0.2, -0.15) is 5.10 Å². The summed E-state index contributed by atoms with van der Waals surface area (Å²) in [7, 11) is 0. The van der Waals surface area contributed by atoms with E-state index < -0.39 is 0 Å². The summed E-state index contributed by atoms with van der Waals surface area (Å²) in [5.74, 6) is 1.11. The molecule has 0 amide bonds. The Kier molecular flexibility index (Phi) is 5.40. The minimum atomic E-state index is 0.349. The van der Waals surface area contributed by atoms with Crippen molar-refractivity contribution in [2.24, 2.45) is 5.10 Å². The Morgan fingerprint density at radius 3 is 2.95 bits per heavy atom. The maximum Gasteiger partial charge on any atom is 0.221 e. The first kappa shape index (κ1) is 16.0. The maximum atomic E-state index is 5.77. The standard InChI is InChI=1S/C14H14BrIN4O/c1-3-4-21-13-10(5-11(15)6-12(13)16)7-18-20-8-9(2)19-14(20)17/h3,5-8H,1,4H2,2H3,(H2,17,19). The number of benzene rings is 1. The lowest BCUT2D eigenvalue weighted by Crippen LogP contribution is -2.01. The molecule has 0 spiro atoms. The van der Waals surface area contributed by atoms with Crippen LogP contribution in [0.15, 0.2) is 40.6 Å². The van der Waals surface area contributed by atoms with Gasteiger partial charge in [0.1, 0.15) is 12.4 Å². The second-order valence-electron chi connectivity index (χ2n) is 4.24. The van der Waals surface area contributed by atoms with E-state index in [-0.39, 0.29) is 0 Å². The zero-order chi connectivity index (χ0) is 15.4. The number of nitrogens with zero attached hydrogens (tertiary/aromatic N) is 3. The third-order valence-electron chi connectivity index (χ3n) is 2.54. The Morgan fingerprint density at radius 2 is 2.33 bits per heavy atom. The molecule has 2 N–H and O–H groups in total. The Hall–Kier alpha value is -1.35. The normalized spacial score (nSPS) is 11.0. The van der Waals surface area contributed by atoms with Gasteiger partial charge >= 0.3 is 0 Å². The van der Waals surface area contributed by atoms with Crippen LogP contribution in [0.3, 0.4) is 0 Å². The highest BCUT2D eigenvalue weighted by Gasteiger charge is 2.09. The van der Waals surface area contributed by atoms with Crippen molar-refractivity contribution >= 4 is 50.7 Å². The molecule has 0 aliphatic heterocycles. The van der Waals surface area contributed by atoms with Crippen LogP contribution in [0.2, 0.25) is 0 Å². The van der Waals surface area contributed by atoms with Gasteiger partial charge in [-0.1, -0.05) is 28.6 Å². The number of anilines is 1.